The first-order valence-electron chi connectivity index (χ1n) is 21.5. The second-order valence-electron chi connectivity index (χ2n) is 17.7. The molecule has 0 saturated heterocycles. The molecule has 0 amide bonds. The molecule has 0 heterocycles. The van der Waals surface area contributed by atoms with Gasteiger partial charge in [-0.15, -0.1) is 0 Å². The van der Waals surface area contributed by atoms with Crippen LogP contribution in [0, 0.1) is 0 Å². The van der Waals surface area contributed by atoms with Crippen LogP contribution in [0.15, 0.2) is 212 Å². The third kappa shape index (κ3) is 5.83. The Morgan fingerprint density at radius 2 is 0.721 bits per heavy atom. The topological polar surface area (TPSA) is 3.24 Å². The van der Waals surface area contributed by atoms with Crippen LogP contribution in [0.2, 0.25) is 0 Å². The molecule has 2 aliphatic carbocycles. The number of benzene rings is 9. The van der Waals surface area contributed by atoms with Gasteiger partial charge in [-0.1, -0.05) is 216 Å². The van der Waals surface area contributed by atoms with Crippen LogP contribution in [0.3, 0.4) is 0 Å². The second kappa shape index (κ2) is 14.2. The normalized spacial score (nSPS) is 13.8. The Hall–Kier alpha value is -7.22. The minimum atomic E-state index is -0.107. The van der Waals surface area contributed by atoms with Gasteiger partial charge < -0.3 is 4.90 Å². The molecule has 0 radical (unpaired) electrons. The Morgan fingerprint density at radius 1 is 0.279 bits per heavy atom. The van der Waals surface area contributed by atoms with Crippen LogP contribution in [-0.2, 0) is 10.8 Å². The monoisotopic (exact) mass is 781 g/mol. The minimum Gasteiger partial charge on any atom is -0.309 e. The molecule has 0 bridgehead atoms. The number of hydrogen-bond acceptors (Lipinski definition) is 1. The highest BCUT2D eigenvalue weighted by atomic mass is 15.1. The van der Waals surface area contributed by atoms with Crippen molar-refractivity contribution in [2.75, 3.05) is 4.90 Å². The largest absolute Gasteiger partial charge is 0.309 e. The summed E-state index contributed by atoms with van der Waals surface area (Å²) in [6, 6.07) is 78.4. The number of para-hydroxylation sites is 2. The van der Waals surface area contributed by atoms with Crippen LogP contribution in [0.1, 0.15) is 49.9 Å². The smallest absolute Gasteiger partial charge is 0.0540 e. The van der Waals surface area contributed by atoms with Gasteiger partial charge in [0.1, 0.15) is 0 Å². The first-order chi connectivity index (χ1) is 29.8. The second-order valence-corrected chi connectivity index (χ2v) is 17.7. The van der Waals surface area contributed by atoms with E-state index in [1.807, 2.05) is 0 Å². The van der Waals surface area contributed by atoms with E-state index in [2.05, 4.69) is 245 Å². The van der Waals surface area contributed by atoms with Crippen LogP contribution < -0.4 is 4.90 Å². The van der Waals surface area contributed by atoms with Crippen LogP contribution in [0.4, 0.5) is 17.1 Å². The summed E-state index contributed by atoms with van der Waals surface area (Å²) in [7, 11) is 0. The molecule has 0 fully saturated rings. The van der Waals surface area contributed by atoms with Gasteiger partial charge in [0.05, 0.1) is 11.4 Å². The molecule has 9 aromatic carbocycles. The highest BCUT2D eigenvalue weighted by Gasteiger charge is 2.38. The zero-order valence-corrected chi connectivity index (χ0v) is 35.2. The highest BCUT2D eigenvalue weighted by Crippen LogP contribution is 2.55. The average molecular weight is 782 g/mol. The molecule has 1 heteroatoms. The van der Waals surface area contributed by atoms with Crippen molar-refractivity contribution >= 4 is 17.1 Å². The van der Waals surface area contributed by atoms with Crippen molar-refractivity contribution in [3.8, 4) is 66.8 Å². The Labute approximate surface area is 360 Å². The van der Waals surface area contributed by atoms with E-state index in [9.17, 15) is 0 Å². The lowest BCUT2D eigenvalue weighted by atomic mass is 9.79. The van der Waals surface area contributed by atoms with Crippen LogP contribution in [-0.4, -0.2) is 0 Å². The predicted molar refractivity (Wildman–Crippen MR) is 258 cm³/mol. The molecule has 2 aliphatic rings. The standard InChI is InChI=1S/C60H47N/c1-59(2)53-28-13-9-23-51(53)57-49(25-17-29-54(57)59)48-22-11-15-31-56(48)61(55-30-14-10-20-45(55)42-34-32-41(33-35-42)40-18-6-5-7-19-40)44-38-36-43(37-39-44)46-24-16-26-50-47-21-8-12-27-52(47)60(3,4)58(46)50/h5-39H,1-4H3. The fourth-order valence-electron chi connectivity index (χ4n) is 10.5. The fourth-order valence-corrected chi connectivity index (χ4v) is 10.5. The average Bonchev–Trinajstić information content (AvgIpc) is 3.70. The summed E-state index contributed by atoms with van der Waals surface area (Å²) in [5, 5.41) is 0. The number of fused-ring (bicyclic) bond motifs is 6. The Kier molecular flexibility index (Phi) is 8.58. The van der Waals surface area contributed by atoms with Gasteiger partial charge in [0, 0.05) is 27.6 Å². The molecule has 0 unspecified atom stereocenters. The van der Waals surface area contributed by atoms with Gasteiger partial charge in [0.2, 0.25) is 0 Å². The molecular weight excluding hydrogens is 735 g/mol. The van der Waals surface area contributed by atoms with Gasteiger partial charge in [-0.05, 0) is 102 Å². The fraction of sp³-hybridized carbons (Fsp3) is 0.100. The van der Waals surface area contributed by atoms with E-state index in [-0.39, 0.29) is 10.8 Å². The van der Waals surface area contributed by atoms with E-state index in [1.54, 1.807) is 0 Å². The Morgan fingerprint density at radius 3 is 1.44 bits per heavy atom. The molecule has 0 saturated carbocycles. The molecule has 0 aliphatic heterocycles. The maximum atomic E-state index is 2.49. The molecule has 61 heavy (non-hydrogen) atoms. The van der Waals surface area contributed by atoms with Gasteiger partial charge >= 0.3 is 0 Å². The zero-order chi connectivity index (χ0) is 41.3. The molecule has 9 aromatic rings. The Bertz CT molecular complexity index is 3110. The van der Waals surface area contributed by atoms with Crippen LogP contribution >= 0.6 is 0 Å². The first-order valence-corrected chi connectivity index (χ1v) is 21.5. The molecule has 0 N–H and O–H groups in total. The lowest BCUT2D eigenvalue weighted by Gasteiger charge is -2.31. The lowest BCUT2D eigenvalue weighted by molar-refractivity contribution is 0.660. The van der Waals surface area contributed by atoms with Gasteiger partial charge in [-0.3, -0.25) is 0 Å². The first kappa shape index (κ1) is 36.8. The van der Waals surface area contributed by atoms with Gasteiger partial charge in [-0.25, -0.2) is 0 Å². The summed E-state index contributed by atoms with van der Waals surface area (Å²) >= 11 is 0. The summed E-state index contributed by atoms with van der Waals surface area (Å²) in [4.78, 5) is 2.49. The van der Waals surface area contributed by atoms with Crippen molar-refractivity contribution < 1.29 is 0 Å². The van der Waals surface area contributed by atoms with Crippen molar-refractivity contribution in [3.63, 3.8) is 0 Å². The third-order valence-electron chi connectivity index (χ3n) is 13.5. The van der Waals surface area contributed by atoms with Crippen molar-refractivity contribution in [2.24, 2.45) is 0 Å². The summed E-state index contributed by atoms with van der Waals surface area (Å²) in [5.74, 6) is 0. The van der Waals surface area contributed by atoms with Crippen molar-refractivity contribution in [3.05, 3.63) is 235 Å². The summed E-state index contributed by atoms with van der Waals surface area (Å²) in [6.45, 7) is 9.47. The molecule has 1 nitrogen and oxygen atoms in total. The molecular formula is C60H47N. The zero-order valence-electron chi connectivity index (χ0n) is 35.2. The molecule has 0 aromatic heterocycles. The maximum Gasteiger partial charge on any atom is 0.0540 e. The van der Waals surface area contributed by atoms with E-state index in [0.717, 1.165) is 17.1 Å². The van der Waals surface area contributed by atoms with E-state index in [1.165, 1.54) is 89.0 Å². The van der Waals surface area contributed by atoms with Crippen LogP contribution in [0.5, 0.6) is 0 Å². The van der Waals surface area contributed by atoms with E-state index in [0.29, 0.717) is 0 Å². The summed E-state index contributed by atoms with van der Waals surface area (Å²) in [5.41, 5.74) is 23.8. The van der Waals surface area contributed by atoms with E-state index < -0.39 is 0 Å². The van der Waals surface area contributed by atoms with Crippen LogP contribution in [0.25, 0.3) is 66.8 Å². The molecule has 11 rings (SSSR count). The molecule has 0 spiro atoms. The maximum absolute atomic E-state index is 2.49. The number of rotatable bonds is 7. The SMILES string of the molecule is CC1(C)c2ccccc2-c2c(-c3ccccc3N(c3ccc(-c4cccc5c4C(C)(C)c4ccccc4-5)cc3)c3ccccc3-c3ccc(-c4ccccc4)cc3)cccc21. The predicted octanol–water partition coefficient (Wildman–Crippen LogP) is 16.4. The van der Waals surface area contributed by atoms with Crippen molar-refractivity contribution in [2.45, 2.75) is 38.5 Å². The number of anilines is 3. The summed E-state index contributed by atoms with van der Waals surface area (Å²) < 4.78 is 0. The molecule has 0 atom stereocenters. The number of nitrogens with zero attached hydrogens (tertiary/aromatic N) is 1. The molecule has 292 valence electrons. The van der Waals surface area contributed by atoms with Gasteiger partial charge in [-0.2, -0.15) is 0 Å². The van der Waals surface area contributed by atoms with Crippen molar-refractivity contribution in [1.29, 1.82) is 0 Å². The Balaban J connectivity index is 1.10. The summed E-state index contributed by atoms with van der Waals surface area (Å²) in [6.07, 6.45) is 0. The van der Waals surface area contributed by atoms with Crippen molar-refractivity contribution in [1.82, 2.24) is 0 Å². The minimum absolute atomic E-state index is 0.0988. The quantitative estimate of drug-likeness (QED) is 0.156. The third-order valence-corrected chi connectivity index (χ3v) is 13.5. The van der Waals surface area contributed by atoms with E-state index >= 15 is 0 Å². The highest BCUT2D eigenvalue weighted by molar-refractivity contribution is 6.00. The lowest BCUT2D eigenvalue weighted by Crippen LogP contribution is -2.16. The van der Waals surface area contributed by atoms with E-state index in [4.69, 9.17) is 0 Å². The van der Waals surface area contributed by atoms with Gasteiger partial charge in [0.15, 0.2) is 0 Å². The number of hydrogen-bond donors (Lipinski definition) is 0. The van der Waals surface area contributed by atoms with Gasteiger partial charge in [0.25, 0.3) is 0 Å².